The van der Waals surface area contributed by atoms with Crippen molar-refractivity contribution in [2.24, 2.45) is 0 Å². The SMILES string of the molecule is CCc1c(C(=O)NCC2CCCO2)c(C)nn1-c1ccc(F)cc1. The molecule has 1 atom stereocenters. The Morgan fingerprint density at radius 3 is 2.79 bits per heavy atom. The molecule has 6 heteroatoms. The van der Waals surface area contributed by atoms with Crippen LogP contribution in [0.1, 0.15) is 41.5 Å². The Morgan fingerprint density at radius 2 is 2.17 bits per heavy atom. The molecule has 0 aliphatic carbocycles. The van der Waals surface area contributed by atoms with E-state index in [2.05, 4.69) is 10.4 Å². The van der Waals surface area contributed by atoms with Crippen LogP contribution in [-0.4, -0.2) is 34.9 Å². The first kappa shape index (κ1) is 16.6. The topological polar surface area (TPSA) is 56.1 Å². The van der Waals surface area contributed by atoms with E-state index in [1.807, 2.05) is 13.8 Å². The number of ether oxygens (including phenoxy) is 1. The van der Waals surface area contributed by atoms with Crippen LogP contribution in [0.4, 0.5) is 4.39 Å². The summed E-state index contributed by atoms with van der Waals surface area (Å²) in [5.74, 6) is -0.427. The van der Waals surface area contributed by atoms with Crippen LogP contribution < -0.4 is 5.32 Å². The van der Waals surface area contributed by atoms with Crippen molar-refractivity contribution in [3.63, 3.8) is 0 Å². The lowest BCUT2D eigenvalue weighted by Gasteiger charge is -2.12. The van der Waals surface area contributed by atoms with Gasteiger partial charge in [0.2, 0.25) is 0 Å². The number of hydrogen-bond acceptors (Lipinski definition) is 3. The van der Waals surface area contributed by atoms with Crippen LogP contribution in [0.5, 0.6) is 0 Å². The van der Waals surface area contributed by atoms with Gasteiger partial charge in [0.1, 0.15) is 5.82 Å². The van der Waals surface area contributed by atoms with E-state index in [4.69, 9.17) is 4.74 Å². The second kappa shape index (κ2) is 7.13. The van der Waals surface area contributed by atoms with Gasteiger partial charge in [-0.25, -0.2) is 9.07 Å². The molecule has 1 unspecified atom stereocenters. The fourth-order valence-electron chi connectivity index (χ4n) is 3.09. The summed E-state index contributed by atoms with van der Waals surface area (Å²) < 4.78 is 20.4. The number of nitrogens with one attached hydrogen (secondary N) is 1. The number of hydrogen-bond donors (Lipinski definition) is 1. The fraction of sp³-hybridized carbons (Fsp3) is 0.444. The highest BCUT2D eigenvalue weighted by Crippen LogP contribution is 2.20. The third kappa shape index (κ3) is 3.33. The van der Waals surface area contributed by atoms with Gasteiger partial charge in [-0.05, 0) is 50.5 Å². The number of carbonyl (C=O) groups is 1. The molecule has 1 fully saturated rings. The highest BCUT2D eigenvalue weighted by Gasteiger charge is 2.23. The minimum absolute atomic E-state index is 0.103. The largest absolute Gasteiger partial charge is 0.376 e. The maximum atomic E-state index is 13.1. The Bertz CT molecular complexity index is 719. The van der Waals surface area contributed by atoms with Crippen LogP contribution in [0.25, 0.3) is 5.69 Å². The van der Waals surface area contributed by atoms with Crippen molar-refractivity contribution in [2.45, 2.75) is 39.2 Å². The van der Waals surface area contributed by atoms with Gasteiger partial charge in [-0.2, -0.15) is 5.10 Å². The Morgan fingerprint density at radius 1 is 1.42 bits per heavy atom. The molecule has 1 aliphatic rings. The van der Waals surface area contributed by atoms with Crippen molar-refractivity contribution in [1.82, 2.24) is 15.1 Å². The molecular formula is C18H22FN3O2. The van der Waals surface area contributed by atoms with Crippen molar-refractivity contribution in [1.29, 1.82) is 0 Å². The van der Waals surface area contributed by atoms with E-state index < -0.39 is 0 Å². The molecule has 0 spiro atoms. The van der Waals surface area contributed by atoms with E-state index in [9.17, 15) is 9.18 Å². The van der Waals surface area contributed by atoms with Crippen LogP contribution in [0.2, 0.25) is 0 Å². The van der Waals surface area contributed by atoms with E-state index in [1.165, 1.54) is 12.1 Å². The minimum atomic E-state index is -0.296. The standard InChI is InChI=1S/C18H22FN3O2/c1-3-16-17(18(23)20-11-15-5-4-10-24-15)12(2)21-22(16)14-8-6-13(19)7-9-14/h6-9,15H,3-5,10-11H2,1-2H3,(H,20,23). The molecule has 2 aromatic rings. The molecule has 3 rings (SSSR count). The van der Waals surface area contributed by atoms with Crippen molar-refractivity contribution in [3.8, 4) is 5.69 Å². The molecule has 0 bridgehead atoms. The quantitative estimate of drug-likeness (QED) is 0.916. The zero-order chi connectivity index (χ0) is 17.1. The summed E-state index contributed by atoms with van der Waals surface area (Å²) in [6.07, 6.45) is 2.78. The maximum absolute atomic E-state index is 13.1. The monoisotopic (exact) mass is 331 g/mol. The lowest BCUT2D eigenvalue weighted by atomic mass is 10.1. The highest BCUT2D eigenvalue weighted by molar-refractivity contribution is 5.96. The van der Waals surface area contributed by atoms with E-state index in [1.54, 1.807) is 16.8 Å². The van der Waals surface area contributed by atoms with Crippen molar-refractivity contribution >= 4 is 5.91 Å². The zero-order valence-corrected chi connectivity index (χ0v) is 14.0. The summed E-state index contributed by atoms with van der Waals surface area (Å²) >= 11 is 0. The second-order valence-corrected chi connectivity index (χ2v) is 5.99. The molecule has 0 radical (unpaired) electrons. The first-order chi connectivity index (χ1) is 11.6. The number of amides is 1. The molecule has 1 N–H and O–H groups in total. The van der Waals surface area contributed by atoms with Crippen molar-refractivity contribution in [3.05, 3.63) is 47.0 Å². The summed E-state index contributed by atoms with van der Waals surface area (Å²) in [5.41, 5.74) is 2.83. The third-order valence-corrected chi connectivity index (χ3v) is 4.30. The Labute approximate surface area is 140 Å². The molecule has 1 aromatic carbocycles. The average Bonchev–Trinajstić information content (AvgIpc) is 3.20. The molecular weight excluding hydrogens is 309 g/mol. The number of aryl methyl sites for hydroxylation is 1. The van der Waals surface area contributed by atoms with Gasteiger partial charge in [-0.15, -0.1) is 0 Å². The Kier molecular flexibility index (Phi) is 4.94. The van der Waals surface area contributed by atoms with Crippen LogP contribution in [-0.2, 0) is 11.2 Å². The number of benzene rings is 1. The second-order valence-electron chi connectivity index (χ2n) is 5.99. The van der Waals surface area contributed by atoms with Crippen LogP contribution in [0.3, 0.4) is 0 Å². The normalized spacial score (nSPS) is 17.2. The molecule has 1 aliphatic heterocycles. The molecule has 24 heavy (non-hydrogen) atoms. The van der Waals surface area contributed by atoms with Crippen molar-refractivity contribution < 1.29 is 13.9 Å². The Balaban J connectivity index is 1.84. The smallest absolute Gasteiger partial charge is 0.255 e. The first-order valence-corrected chi connectivity index (χ1v) is 8.34. The van der Waals surface area contributed by atoms with Gasteiger partial charge in [0.25, 0.3) is 5.91 Å². The van der Waals surface area contributed by atoms with E-state index in [-0.39, 0.29) is 17.8 Å². The molecule has 1 aromatic heterocycles. The fourth-order valence-corrected chi connectivity index (χ4v) is 3.09. The molecule has 2 heterocycles. The number of nitrogens with zero attached hydrogens (tertiary/aromatic N) is 2. The van der Waals surface area contributed by atoms with Gasteiger partial charge in [0.05, 0.1) is 28.7 Å². The van der Waals surface area contributed by atoms with Gasteiger partial charge in [0, 0.05) is 13.2 Å². The lowest BCUT2D eigenvalue weighted by molar-refractivity contribution is 0.0856. The predicted octanol–water partition coefficient (Wildman–Crippen LogP) is 2.79. The van der Waals surface area contributed by atoms with Gasteiger partial charge >= 0.3 is 0 Å². The summed E-state index contributed by atoms with van der Waals surface area (Å²) in [7, 11) is 0. The number of halogens is 1. The van der Waals surface area contributed by atoms with Crippen LogP contribution in [0, 0.1) is 12.7 Å². The molecule has 5 nitrogen and oxygen atoms in total. The van der Waals surface area contributed by atoms with Gasteiger partial charge < -0.3 is 10.1 Å². The van der Waals surface area contributed by atoms with E-state index >= 15 is 0 Å². The molecule has 0 saturated carbocycles. The summed E-state index contributed by atoms with van der Waals surface area (Å²) in [5, 5.41) is 7.44. The lowest BCUT2D eigenvalue weighted by Crippen LogP contribution is -2.32. The highest BCUT2D eigenvalue weighted by atomic mass is 19.1. The average molecular weight is 331 g/mol. The minimum Gasteiger partial charge on any atom is -0.376 e. The predicted molar refractivity (Wildman–Crippen MR) is 88.9 cm³/mol. The van der Waals surface area contributed by atoms with Crippen LogP contribution in [0.15, 0.2) is 24.3 Å². The first-order valence-electron chi connectivity index (χ1n) is 8.34. The third-order valence-electron chi connectivity index (χ3n) is 4.30. The molecule has 1 saturated heterocycles. The van der Waals surface area contributed by atoms with E-state index in [0.29, 0.717) is 24.2 Å². The summed E-state index contributed by atoms with van der Waals surface area (Å²) in [4.78, 5) is 12.6. The van der Waals surface area contributed by atoms with Gasteiger partial charge in [-0.1, -0.05) is 6.92 Å². The zero-order valence-electron chi connectivity index (χ0n) is 14.0. The maximum Gasteiger partial charge on any atom is 0.255 e. The Hall–Kier alpha value is -2.21. The molecule has 1 amide bonds. The van der Waals surface area contributed by atoms with Crippen molar-refractivity contribution in [2.75, 3.05) is 13.2 Å². The van der Waals surface area contributed by atoms with Crippen LogP contribution >= 0.6 is 0 Å². The van der Waals surface area contributed by atoms with E-state index in [0.717, 1.165) is 30.8 Å². The summed E-state index contributed by atoms with van der Waals surface area (Å²) in [6, 6.07) is 6.11. The number of rotatable bonds is 5. The van der Waals surface area contributed by atoms with Gasteiger partial charge in [-0.3, -0.25) is 4.79 Å². The summed E-state index contributed by atoms with van der Waals surface area (Å²) in [6.45, 7) is 5.08. The number of aromatic nitrogens is 2. The molecule has 128 valence electrons. The number of carbonyl (C=O) groups excluding carboxylic acids is 1. The van der Waals surface area contributed by atoms with Gasteiger partial charge in [0.15, 0.2) is 0 Å².